The molecule has 0 amide bonds. The van der Waals surface area contributed by atoms with Crippen LogP contribution in [0.3, 0.4) is 0 Å². The van der Waals surface area contributed by atoms with Crippen LogP contribution in [0.2, 0.25) is 0 Å². The second kappa shape index (κ2) is 5.24. The molecule has 1 aliphatic rings. The minimum atomic E-state index is -5.78. The first-order valence-corrected chi connectivity index (χ1v) is 5.98. The third-order valence-corrected chi connectivity index (χ3v) is 3.05. The Morgan fingerprint density at radius 2 is 1.80 bits per heavy atom. The van der Waals surface area contributed by atoms with Crippen molar-refractivity contribution in [2.45, 2.75) is 31.0 Å². The molecule has 10 heteroatoms. The highest BCUT2D eigenvalue weighted by molar-refractivity contribution is 5.01. The monoisotopic (exact) mass is 300 g/mol. The maximum absolute atomic E-state index is 13.0. The highest BCUT2D eigenvalue weighted by atomic mass is 19.4. The van der Waals surface area contributed by atoms with E-state index in [2.05, 4.69) is 14.7 Å². The number of hydrogen-bond donors (Lipinski definition) is 1. The second-order valence-corrected chi connectivity index (χ2v) is 4.64. The number of hydrogen-bond acceptors (Lipinski definition) is 5. The maximum Gasteiger partial charge on any atom is 0.463 e. The van der Waals surface area contributed by atoms with Crippen LogP contribution in [0.15, 0.2) is 4.52 Å². The van der Waals surface area contributed by atoms with E-state index in [0.717, 1.165) is 25.9 Å². The predicted octanol–water partition coefficient (Wildman–Crippen LogP) is 1.82. The Bertz CT molecular complexity index is 455. The Labute approximate surface area is 110 Å². The Morgan fingerprint density at radius 1 is 1.20 bits per heavy atom. The van der Waals surface area contributed by atoms with Crippen molar-refractivity contribution in [2.75, 3.05) is 19.6 Å². The molecule has 0 saturated carbocycles. The largest absolute Gasteiger partial charge is 0.463 e. The molecular formula is C10H13F5N4O. The van der Waals surface area contributed by atoms with Crippen molar-refractivity contribution in [2.24, 2.45) is 5.73 Å². The molecule has 0 spiro atoms. The quantitative estimate of drug-likeness (QED) is 0.859. The first-order valence-electron chi connectivity index (χ1n) is 5.98. The number of aromatic nitrogens is 2. The van der Waals surface area contributed by atoms with Gasteiger partial charge in [-0.15, -0.1) is 0 Å². The van der Waals surface area contributed by atoms with E-state index in [1.807, 2.05) is 4.90 Å². The van der Waals surface area contributed by atoms with Gasteiger partial charge in [0.2, 0.25) is 0 Å². The van der Waals surface area contributed by atoms with Gasteiger partial charge in [0, 0.05) is 6.54 Å². The van der Waals surface area contributed by atoms with Crippen molar-refractivity contribution in [3.63, 3.8) is 0 Å². The first-order chi connectivity index (χ1) is 9.22. The van der Waals surface area contributed by atoms with E-state index in [4.69, 9.17) is 5.73 Å². The molecule has 1 aromatic heterocycles. The number of rotatable bonds is 4. The maximum atomic E-state index is 13.0. The molecule has 2 N–H and O–H groups in total. The lowest BCUT2D eigenvalue weighted by Crippen LogP contribution is -2.34. The molecule has 1 unspecified atom stereocenters. The van der Waals surface area contributed by atoms with Crippen LogP contribution in [0.4, 0.5) is 22.0 Å². The summed E-state index contributed by atoms with van der Waals surface area (Å²) in [4.78, 5) is 5.05. The van der Waals surface area contributed by atoms with Crippen molar-refractivity contribution >= 4 is 0 Å². The Hall–Kier alpha value is -1.29. The molecule has 5 nitrogen and oxygen atoms in total. The van der Waals surface area contributed by atoms with Crippen LogP contribution in [-0.2, 0) is 5.92 Å². The average Bonchev–Trinajstić information content (AvgIpc) is 2.97. The van der Waals surface area contributed by atoms with Gasteiger partial charge in [-0.3, -0.25) is 0 Å². The van der Waals surface area contributed by atoms with Crippen molar-refractivity contribution in [1.29, 1.82) is 0 Å². The van der Waals surface area contributed by atoms with Crippen LogP contribution in [0.25, 0.3) is 0 Å². The van der Waals surface area contributed by atoms with Crippen LogP contribution in [0, 0.1) is 0 Å². The summed E-state index contributed by atoms with van der Waals surface area (Å²) in [5.74, 6) is -7.31. The summed E-state index contributed by atoms with van der Waals surface area (Å²) in [5.41, 5.74) is 5.69. The molecule has 114 valence electrons. The molecule has 0 aliphatic carbocycles. The topological polar surface area (TPSA) is 68.2 Å². The minimum absolute atomic E-state index is 0.288. The number of likely N-dealkylation sites (tertiary alicyclic amines) is 1. The summed E-state index contributed by atoms with van der Waals surface area (Å²) in [7, 11) is 0. The first kappa shape index (κ1) is 15.1. The zero-order valence-corrected chi connectivity index (χ0v) is 10.3. The summed E-state index contributed by atoms with van der Waals surface area (Å²) in [5, 5.41) is 3.12. The molecule has 1 atom stereocenters. The second-order valence-electron chi connectivity index (χ2n) is 4.64. The van der Waals surface area contributed by atoms with Crippen molar-refractivity contribution in [3.05, 3.63) is 11.7 Å². The van der Waals surface area contributed by atoms with Gasteiger partial charge in [-0.05, 0) is 25.9 Å². The Kier molecular flexibility index (Phi) is 3.96. The number of nitrogens with two attached hydrogens (primary N) is 1. The lowest BCUT2D eigenvalue weighted by atomic mass is 10.2. The predicted molar refractivity (Wildman–Crippen MR) is 56.8 cm³/mol. The molecule has 2 rings (SSSR count). The summed E-state index contributed by atoms with van der Waals surface area (Å²) in [6, 6.07) is -0.866. The van der Waals surface area contributed by atoms with Gasteiger partial charge in [0.25, 0.3) is 0 Å². The molecule has 1 aromatic rings. The van der Waals surface area contributed by atoms with Gasteiger partial charge in [-0.2, -0.15) is 26.9 Å². The lowest BCUT2D eigenvalue weighted by Gasteiger charge is -2.17. The zero-order chi connectivity index (χ0) is 15.0. The van der Waals surface area contributed by atoms with E-state index < -0.39 is 24.0 Å². The van der Waals surface area contributed by atoms with Crippen LogP contribution < -0.4 is 5.73 Å². The van der Waals surface area contributed by atoms with E-state index in [-0.39, 0.29) is 12.4 Å². The third kappa shape index (κ3) is 2.90. The molecule has 1 aliphatic heterocycles. The van der Waals surface area contributed by atoms with Crippen LogP contribution >= 0.6 is 0 Å². The van der Waals surface area contributed by atoms with E-state index in [1.54, 1.807) is 0 Å². The van der Waals surface area contributed by atoms with E-state index in [1.165, 1.54) is 0 Å². The third-order valence-electron chi connectivity index (χ3n) is 3.05. The number of nitrogens with zero attached hydrogens (tertiary/aromatic N) is 3. The molecule has 0 bridgehead atoms. The fraction of sp³-hybridized carbons (Fsp3) is 0.800. The molecule has 1 saturated heterocycles. The van der Waals surface area contributed by atoms with Crippen LogP contribution in [0.5, 0.6) is 0 Å². The molecule has 0 radical (unpaired) electrons. The number of halogens is 5. The van der Waals surface area contributed by atoms with E-state index in [0.29, 0.717) is 0 Å². The van der Waals surface area contributed by atoms with Gasteiger partial charge in [-0.25, -0.2) is 0 Å². The Morgan fingerprint density at radius 3 is 2.35 bits per heavy atom. The molecule has 0 aromatic carbocycles. The van der Waals surface area contributed by atoms with Gasteiger partial charge in [0.15, 0.2) is 5.82 Å². The van der Waals surface area contributed by atoms with Crippen molar-refractivity contribution < 1.29 is 26.5 Å². The van der Waals surface area contributed by atoms with Gasteiger partial charge >= 0.3 is 18.0 Å². The summed E-state index contributed by atoms with van der Waals surface area (Å²) in [6.07, 6.45) is -3.79. The SMILES string of the molecule is NC(CN1CCCC1)c1noc(C(F)(F)C(F)(F)F)n1. The number of alkyl halides is 5. The highest BCUT2D eigenvalue weighted by Crippen LogP contribution is 2.43. The zero-order valence-electron chi connectivity index (χ0n) is 10.3. The fourth-order valence-electron chi connectivity index (χ4n) is 1.96. The van der Waals surface area contributed by atoms with Gasteiger partial charge in [0.1, 0.15) is 0 Å². The summed E-state index contributed by atoms with van der Waals surface area (Å²) < 4.78 is 66.4. The standard InChI is InChI=1S/C10H13F5N4O/c11-9(12,10(13,14)15)8-17-7(18-20-8)6(16)5-19-3-1-2-4-19/h6H,1-5,16H2. The van der Waals surface area contributed by atoms with Gasteiger partial charge in [0.05, 0.1) is 6.04 Å². The van der Waals surface area contributed by atoms with Crippen molar-refractivity contribution in [3.8, 4) is 0 Å². The lowest BCUT2D eigenvalue weighted by molar-refractivity contribution is -0.298. The van der Waals surface area contributed by atoms with Crippen LogP contribution in [-0.4, -0.2) is 40.9 Å². The van der Waals surface area contributed by atoms with Gasteiger partial charge < -0.3 is 15.2 Å². The smallest absolute Gasteiger partial charge is 0.332 e. The molecule has 1 fully saturated rings. The molecule has 20 heavy (non-hydrogen) atoms. The van der Waals surface area contributed by atoms with E-state index >= 15 is 0 Å². The normalized spacial score (nSPS) is 19.5. The molecular weight excluding hydrogens is 287 g/mol. The minimum Gasteiger partial charge on any atom is -0.332 e. The van der Waals surface area contributed by atoms with Crippen molar-refractivity contribution in [1.82, 2.24) is 15.0 Å². The average molecular weight is 300 g/mol. The highest BCUT2D eigenvalue weighted by Gasteiger charge is 2.63. The fourth-order valence-corrected chi connectivity index (χ4v) is 1.96. The summed E-state index contributed by atoms with van der Waals surface area (Å²) in [6.45, 7) is 1.89. The van der Waals surface area contributed by atoms with Gasteiger partial charge in [-0.1, -0.05) is 5.16 Å². The molecule has 2 heterocycles. The Balaban J connectivity index is 2.08. The van der Waals surface area contributed by atoms with E-state index in [9.17, 15) is 22.0 Å². The summed E-state index contributed by atoms with van der Waals surface area (Å²) >= 11 is 0. The van der Waals surface area contributed by atoms with Crippen LogP contribution in [0.1, 0.15) is 30.6 Å².